The molecule has 0 heterocycles. The third-order valence-corrected chi connectivity index (χ3v) is 2.56. The van der Waals surface area contributed by atoms with Gasteiger partial charge in [0.15, 0.2) is 0 Å². The minimum atomic E-state index is 0.180. The molecular formula is C11H24O. The summed E-state index contributed by atoms with van der Waals surface area (Å²) >= 11 is 0. The molecule has 0 aliphatic rings. The first kappa shape index (κ1) is 12.0. The van der Waals surface area contributed by atoms with Crippen molar-refractivity contribution in [2.45, 2.75) is 53.4 Å². The van der Waals surface area contributed by atoms with Gasteiger partial charge in [0.2, 0.25) is 0 Å². The van der Waals surface area contributed by atoms with Crippen LogP contribution in [0, 0.1) is 11.3 Å². The molecule has 0 amide bonds. The van der Waals surface area contributed by atoms with Gasteiger partial charge in [-0.05, 0) is 24.2 Å². The summed E-state index contributed by atoms with van der Waals surface area (Å²) < 4.78 is 0. The van der Waals surface area contributed by atoms with Gasteiger partial charge >= 0.3 is 0 Å². The van der Waals surface area contributed by atoms with E-state index in [1.54, 1.807) is 0 Å². The van der Waals surface area contributed by atoms with Crippen LogP contribution in [-0.2, 0) is 0 Å². The largest absolute Gasteiger partial charge is 0.396 e. The van der Waals surface area contributed by atoms with E-state index in [1.807, 2.05) is 0 Å². The van der Waals surface area contributed by atoms with E-state index in [2.05, 4.69) is 27.7 Å². The molecule has 0 radical (unpaired) electrons. The van der Waals surface area contributed by atoms with Crippen LogP contribution >= 0.6 is 0 Å². The van der Waals surface area contributed by atoms with Gasteiger partial charge in [-0.25, -0.2) is 0 Å². The van der Waals surface area contributed by atoms with E-state index in [4.69, 9.17) is 0 Å². The number of hydrogen-bond donors (Lipinski definition) is 1. The molecule has 74 valence electrons. The molecule has 0 aliphatic carbocycles. The van der Waals surface area contributed by atoms with E-state index in [1.165, 1.54) is 12.8 Å². The minimum Gasteiger partial charge on any atom is -0.396 e. The molecule has 12 heavy (non-hydrogen) atoms. The van der Waals surface area contributed by atoms with E-state index >= 15 is 0 Å². The quantitative estimate of drug-likeness (QED) is 0.652. The van der Waals surface area contributed by atoms with Crippen molar-refractivity contribution < 1.29 is 5.11 Å². The Labute approximate surface area is 77.2 Å². The second-order valence-electron chi connectivity index (χ2n) is 4.65. The Balaban J connectivity index is 3.78. The van der Waals surface area contributed by atoms with E-state index in [0.29, 0.717) is 6.61 Å². The maximum Gasteiger partial charge on any atom is 0.0484 e. The van der Waals surface area contributed by atoms with Gasteiger partial charge in [-0.2, -0.15) is 0 Å². The van der Waals surface area contributed by atoms with E-state index in [9.17, 15) is 5.11 Å². The maximum atomic E-state index is 9.23. The maximum absolute atomic E-state index is 9.23. The molecule has 0 aromatic carbocycles. The van der Waals surface area contributed by atoms with Gasteiger partial charge in [0, 0.05) is 6.61 Å². The zero-order valence-electron chi connectivity index (χ0n) is 9.06. The van der Waals surface area contributed by atoms with Crippen LogP contribution in [0.1, 0.15) is 53.4 Å². The van der Waals surface area contributed by atoms with E-state index in [0.717, 1.165) is 18.8 Å². The lowest BCUT2D eigenvalue weighted by Gasteiger charge is -2.27. The van der Waals surface area contributed by atoms with Crippen LogP contribution in [0.5, 0.6) is 0 Å². The average Bonchev–Trinajstić information content (AvgIpc) is 2.02. The summed E-state index contributed by atoms with van der Waals surface area (Å²) in [6, 6.07) is 0. The summed E-state index contributed by atoms with van der Waals surface area (Å²) in [7, 11) is 0. The number of hydrogen-bond acceptors (Lipinski definition) is 1. The molecule has 0 aromatic heterocycles. The molecule has 0 fully saturated rings. The molecule has 1 atom stereocenters. The topological polar surface area (TPSA) is 20.2 Å². The van der Waals surface area contributed by atoms with Crippen LogP contribution in [0.25, 0.3) is 0 Å². The zero-order chi connectivity index (χ0) is 9.61. The SMILES string of the molecule is CCCC(C)(CO)CCC(C)C. The lowest BCUT2D eigenvalue weighted by atomic mass is 9.80. The van der Waals surface area contributed by atoms with Crippen LogP contribution in [0.15, 0.2) is 0 Å². The van der Waals surface area contributed by atoms with E-state index in [-0.39, 0.29) is 5.41 Å². The average molecular weight is 172 g/mol. The Morgan fingerprint density at radius 2 is 1.83 bits per heavy atom. The molecule has 0 aliphatic heterocycles. The van der Waals surface area contributed by atoms with Gasteiger partial charge in [-0.15, -0.1) is 0 Å². The van der Waals surface area contributed by atoms with Crippen molar-refractivity contribution in [3.8, 4) is 0 Å². The fraction of sp³-hybridized carbons (Fsp3) is 1.00. The smallest absolute Gasteiger partial charge is 0.0484 e. The van der Waals surface area contributed by atoms with Crippen LogP contribution < -0.4 is 0 Å². The predicted octanol–water partition coefficient (Wildman–Crippen LogP) is 3.22. The van der Waals surface area contributed by atoms with Crippen molar-refractivity contribution in [3.63, 3.8) is 0 Å². The standard InChI is InChI=1S/C11H24O/c1-5-7-11(4,9-12)8-6-10(2)3/h10,12H,5-9H2,1-4H3. The summed E-state index contributed by atoms with van der Waals surface area (Å²) in [6.07, 6.45) is 4.72. The van der Waals surface area contributed by atoms with Crippen LogP contribution in [0.4, 0.5) is 0 Å². The Bertz CT molecular complexity index is 110. The number of aliphatic hydroxyl groups is 1. The molecule has 0 aromatic rings. The Hall–Kier alpha value is -0.0400. The van der Waals surface area contributed by atoms with Crippen molar-refractivity contribution in [2.75, 3.05) is 6.61 Å². The normalized spacial score (nSPS) is 16.5. The molecule has 0 rings (SSSR count). The first-order chi connectivity index (χ1) is 5.54. The number of aliphatic hydroxyl groups excluding tert-OH is 1. The van der Waals surface area contributed by atoms with Gasteiger partial charge in [-0.1, -0.05) is 40.5 Å². The monoisotopic (exact) mass is 172 g/mol. The third kappa shape index (κ3) is 4.76. The van der Waals surface area contributed by atoms with E-state index < -0.39 is 0 Å². The molecule has 1 unspecified atom stereocenters. The van der Waals surface area contributed by atoms with Crippen LogP contribution in [0.2, 0.25) is 0 Å². The zero-order valence-corrected chi connectivity index (χ0v) is 9.06. The van der Waals surface area contributed by atoms with Crippen molar-refractivity contribution in [1.29, 1.82) is 0 Å². The fourth-order valence-electron chi connectivity index (χ4n) is 1.52. The summed E-state index contributed by atoms with van der Waals surface area (Å²) in [6.45, 7) is 9.20. The predicted molar refractivity (Wildman–Crippen MR) is 54.2 cm³/mol. The lowest BCUT2D eigenvalue weighted by Crippen LogP contribution is -2.21. The first-order valence-corrected chi connectivity index (χ1v) is 5.15. The molecule has 0 saturated carbocycles. The van der Waals surface area contributed by atoms with Crippen molar-refractivity contribution in [3.05, 3.63) is 0 Å². The highest BCUT2D eigenvalue weighted by atomic mass is 16.3. The van der Waals surface area contributed by atoms with Crippen molar-refractivity contribution >= 4 is 0 Å². The fourth-order valence-corrected chi connectivity index (χ4v) is 1.52. The minimum absolute atomic E-state index is 0.180. The second kappa shape index (κ2) is 5.58. The highest BCUT2D eigenvalue weighted by molar-refractivity contribution is 4.73. The Kier molecular flexibility index (Phi) is 5.56. The molecule has 0 spiro atoms. The molecule has 1 nitrogen and oxygen atoms in total. The highest BCUT2D eigenvalue weighted by Gasteiger charge is 2.21. The molecule has 1 heteroatoms. The summed E-state index contributed by atoms with van der Waals surface area (Å²) in [5.74, 6) is 0.757. The van der Waals surface area contributed by atoms with Gasteiger partial charge in [-0.3, -0.25) is 0 Å². The lowest BCUT2D eigenvalue weighted by molar-refractivity contribution is 0.115. The highest BCUT2D eigenvalue weighted by Crippen LogP contribution is 2.29. The Morgan fingerprint density at radius 1 is 1.25 bits per heavy atom. The summed E-state index contributed by atoms with van der Waals surface area (Å²) in [5.41, 5.74) is 0.180. The summed E-state index contributed by atoms with van der Waals surface area (Å²) in [4.78, 5) is 0. The summed E-state index contributed by atoms with van der Waals surface area (Å²) in [5, 5.41) is 9.23. The van der Waals surface area contributed by atoms with Gasteiger partial charge < -0.3 is 5.11 Å². The molecule has 0 saturated heterocycles. The van der Waals surface area contributed by atoms with Gasteiger partial charge in [0.25, 0.3) is 0 Å². The van der Waals surface area contributed by atoms with Crippen molar-refractivity contribution in [2.24, 2.45) is 11.3 Å². The molecule has 0 bridgehead atoms. The first-order valence-electron chi connectivity index (χ1n) is 5.15. The van der Waals surface area contributed by atoms with Gasteiger partial charge in [0.1, 0.15) is 0 Å². The third-order valence-electron chi connectivity index (χ3n) is 2.56. The second-order valence-corrected chi connectivity index (χ2v) is 4.65. The molecular weight excluding hydrogens is 148 g/mol. The van der Waals surface area contributed by atoms with Gasteiger partial charge in [0.05, 0.1) is 0 Å². The van der Waals surface area contributed by atoms with Crippen LogP contribution in [-0.4, -0.2) is 11.7 Å². The molecule has 1 N–H and O–H groups in total. The van der Waals surface area contributed by atoms with Crippen molar-refractivity contribution in [1.82, 2.24) is 0 Å². The Morgan fingerprint density at radius 3 is 2.17 bits per heavy atom. The van der Waals surface area contributed by atoms with Crippen LogP contribution in [0.3, 0.4) is 0 Å². The number of rotatable bonds is 6.